The van der Waals surface area contributed by atoms with Crippen molar-refractivity contribution in [2.45, 2.75) is 0 Å². The molecule has 3 aromatic rings. The summed E-state index contributed by atoms with van der Waals surface area (Å²) in [6, 6.07) is 7.06. The third-order valence-electron chi connectivity index (χ3n) is 4.82. The van der Waals surface area contributed by atoms with E-state index in [9.17, 15) is 9.59 Å². The quantitative estimate of drug-likeness (QED) is 0.641. The number of aryl methyl sites for hydroxylation is 1. The summed E-state index contributed by atoms with van der Waals surface area (Å²) in [6.07, 6.45) is 3.44. The first-order valence-corrected chi connectivity index (χ1v) is 9.10. The Bertz CT molecular complexity index is 1050. The minimum atomic E-state index is -0.288. The van der Waals surface area contributed by atoms with Crippen LogP contribution in [0, 0.1) is 0 Å². The summed E-state index contributed by atoms with van der Waals surface area (Å²) in [7, 11) is 5.10. The van der Waals surface area contributed by atoms with E-state index >= 15 is 0 Å². The van der Waals surface area contributed by atoms with Gasteiger partial charge < -0.3 is 14.5 Å². The largest absolute Gasteiger partial charge is 0.481 e. The van der Waals surface area contributed by atoms with Crippen LogP contribution in [-0.4, -0.2) is 80.0 Å². The van der Waals surface area contributed by atoms with Crippen LogP contribution in [-0.2, 0) is 11.8 Å². The van der Waals surface area contributed by atoms with E-state index in [0.29, 0.717) is 36.0 Å². The van der Waals surface area contributed by atoms with Gasteiger partial charge in [0, 0.05) is 39.4 Å². The van der Waals surface area contributed by atoms with E-state index in [0.717, 1.165) is 0 Å². The normalized spacial score (nSPS) is 14.4. The number of aromatic nitrogens is 5. The van der Waals surface area contributed by atoms with Crippen LogP contribution in [0.5, 0.6) is 5.88 Å². The fourth-order valence-electron chi connectivity index (χ4n) is 3.13. The highest BCUT2D eigenvalue weighted by molar-refractivity contribution is 5.96. The summed E-state index contributed by atoms with van der Waals surface area (Å²) in [5, 5.41) is 8.94. The van der Waals surface area contributed by atoms with Gasteiger partial charge in [-0.05, 0) is 18.2 Å². The van der Waals surface area contributed by atoms with Gasteiger partial charge in [-0.15, -0.1) is 0 Å². The Labute approximate surface area is 167 Å². The molecule has 4 rings (SSSR count). The van der Waals surface area contributed by atoms with Gasteiger partial charge in [-0.25, -0.2) is 9.67 Å². The van der Waals surface area contributed by atoms with Gasteiger partial charge in [-0.2, -0.15) is 10.2 Å². The van der Waals surface area contributed by atoms with Crippen molar-refractivity contribution in [2.24, 2.45) is 7.05 Å². The molecule has 1 aliphatic heterocycles. The van der Waals surface area contributed by atoms with Crippen LogP contribution in [0.1, 0.15) is 10.5 Å². The number of hydrogen-bond donors (Lipinski definition) is 0. The first kappa shape index (κ1) is 18.7. The van der Waals surface area contributed by atoms with Crippen LogP contribution in [0.25, 0.3) is 17.1 Å². The Balaban J connectivity index is 1.73. The monoisotopic (exact) mass is 395 g/mol. The average Bonchev–Trinajstić information content (AvgIpc) is 3.36. The predicted molar refractivity (Wildman–Crippen MR) is 104 cm³/mol. The molecule has 0 aliphatic carbocycles. The number of piperazine rings is 1. The van der Waals surface area contributed by atoms with E-state index < -0.39 is 0 Å². The maximum absolute atomic E-state index is 13.0. The molecule has 0 saturated carbocycles. The standard InChI is InChI=1S/C19H21N7O3/c1-23-8-9-25(12-18(23)27)19(28)15-10-16(14-6-7-24(2)21-14)26(22-15)13-4-5-17(29-3)20-11-13/h4-7,10-11H,8-9,12H2,1-3H3. The van der Waals surface area contributed by atoms with E-state index in [-0.39, 0.29) is 24.1 Å². The number of pyridine rings is 1. The van der Waals surface area contributed by atoms with Crippen molar-refractivity contribution in [1.29, 1.82) is 0 Å². The Morgan fingerprint density at radius 2 is 1.97 bits per heavy atom. The van der Waals surface area contributed by atoms with Crippen molar-refractivity contribution in [3.05, 3.63) is 42.4 Å². The van der Waals surface area contributed by atoms with Gasteiger partial charge >= 0.3 is 0 Å². The van der Waals surface area contributed by atoms with Crippen molar-refractivity contribution in [3.63, 3.8) is 0 Å². The Morgan fingerprint density at radius 3 is 2.59 bits per heavy atom. The lowest BCUT2D eigenvalue weighted by Gasteiger charge is -2.31. The van der Waals surface area contributed by atoms with Crippen LogP contribution in [0.2, 0.25) is 0 Å². The van der Waals surface area contributed by atoms with Crippen LogP contribution in [0.15, 0.2) is 36.7 Å². The molecular weight excluding hydrogens is 374 g/mol. The summed E-state index contributed by atoms with van der Waals surface area (Å²) in [4.78, 5) is 32.4. The number of ether oxygens (including phenoxy) is 1. The molecule has 29 heavy (non-hydrogen) atoms. The second-order valence-corrected chi connectivity index (χ2v) is 6.80. The van der Waals surface area contributed by atoms with Crippen LogP contribution >= 0.6 is 0 Å². The zero-order valence-electron chi connectivity index (χ0n) is 16.4. The lowest BCUT2D eigenvalue weighted by Crippen LogP contribution is -2.50. The molecule has 1 saturated heterocycles. The molecule has 10 heteroatoms. The number of nitrogens with zero attached hydrogens (tertiary/aromatic N) is 7. The number of hydrogen-bond acceptors (Lipinski definition) is 6. The number of methoxy groups -OCH3 is 1. The molecule has 3 aromatic heterocycles. The average molecular weight is 395 g/mol. The van der Waals surface area contributed by atoms with Crippen molar-refractivity contribution in [2.75, 3.05) is 33.8 Å². The SMILES string of the molecule is COc1ccc(-n2nc(C(=O)N3CCN(C)C(=O)C3)cc2-c2ccn(C)n2)cn1. The second kappa shape index (κ2) is 7.38. The van der Waals surface area contributed by atoms with Crippen LogP contribution in [0.4, 0.5) is 0 Å². The lowest BCUT2D eigenvalue weighted by molar-refractivity contribution is -0.133. The molecule has 150 valence electrons. The summed E-state index contributed by atoms with van der Waals surface area (Å²) in [5.41, 5.74) is 2.24. The molecule has 0 unspecified atom stereocenters. The van der Waals surface area contributed by atoms with Gasteiger partial charge in [0.1, 0.15) is 12.2 Å². The Kier molecular flexibility index (Phi) is 4.75. The summed E-state index contributed by atoms with van der Waals surface area (Å²) < 4.78 is 8.42. The minimum absolute atomic E-state index is 0.0468. The first-order chi connectivity index (χ1) is 14.0. The Hall–Kier alpha value is -3.69. The van der Waals surface area contributed by atoms with Gasteiger partial charge in [0.2, 0.25) is 11.8 Å². The summed E-state index contributed by atoms with van der Waals surface area (Å²) in [5.74, 6) is 0.102. The first-order valence-electron chi connectivity index (χ1n) is 9.10. The summed E-state index contributed by atoms with van der Waals surface area (Å²) in [6.45, 7) is 1.02. The highest BCUT2D eigenvalue weighted by atomic mass is 16.5. The van der Waals surface area contributed by atoms with E-state index in [1.54, 1.807) is 52.8 Å². The fourth-order valence-corrected chi connectivity index (χ4v) is 3.13. The molecule has 2 amide bonds. The molecule has 4 heterocycles. The van der Waals surface area contributed by atoms with Gasteiger partial charge in [0.05, 0.1) is 24.7 Å². The number of likely N-dealkylation sites (N-methyl/N-ethyl adjacent to an activating group) is 1. The van der Waals surface area contributed by atoms with Gasteiger partial charge in [0.15, 0.2) is 5.69 Å². The highest BCUT2D eigenvalue weighted by Gasteiger charge is 2.28. The van der Waals surface area contributed by atoms with Crippen molar-refractivity contribution < 1.29 is 14.3 Å². The molecule has 0 bridgehead atoms. The number of amides is 2. The molecule has 0 aromatic carbocycles. The second-order valence-electron chi connectivity index (χ2n) is 6.80. The number of carbonyl (C=O) groups excluding carboxylic acids is 2. The maximum atomic E-state index is 13.0. The van der Waals surface area contributed by atoms with Crippen molar-refractivity contribution >= 4 is 11.8 Å². The molecular formula is C19H21N7O3. The van der Waals surface area contributed by atoms with Crippen LogP contribution in [0.3, 0.4) is 0 Å². The molecule has 1 fully saturated rings. The van der Waals surface area contributed by atoms with Gasteiger partial charge in [0.25, 0.3) is 5.91 Å². The van der Waals surface area contributed by atoms with E-state index in [1.807, 2.05) is 19.3 Å². The van der Waals surface area contributed by atoms with Crippen molar-refractivity contribution in [3.8, 4) is 23.0 Å². The molecule has 0 spiro atoms. The molecule has 0 radical (unpaired) electrons. The highest BCUT2D eigenvalue weighted by Crippen LogP contribution is 2.24. The molecule has 0 N–H and O–H groups in total. The third kappa shape index (κ3) is 3.56. The maximum Gasteiger partial charge on any atom is 0.274 e. The fraction of sp³-hybridized carbons (Fsp3) is 0.316. The topological polar surface area (TPSA) is 98.4 Å². The third-order valence-corrected chi connectivity index (χ3v) is 4.82. The molecule has 1 aliphatic rings. The zero-order chi connectivity index (χ0) is 20.5. The van der Waals surface area contributed by atoms with E-state index in [1.165, 1.54) is 4.90 Å². The lowest BCUT2D eigenvalue weighted by atomic mass is 10.2. The Morgan fingerprint density at radius 1 is 1.14 bits per heavy atom. The smallest absolute Gasteiger partial charge is 0.274 e. The van der Waals surface area contributed by atoms with Crippen LogP contribution < -0.4 is 4.74 Å². The van der Waals surface area contributed by atoms with Crippen molar-refractivity contribution in [1.82, 2.24) is 34.3 Å². The van der Waals surface area contributed by atoms with E-state index in [2.05, 4.69) is 15.2 Å². The molecule has 0 atom stereocenters. The zero-order valence-corrected chi connectivity index (χ0v) is 16.4. The van der Waals surface area contributed by atoms with E-state index in [4.69, 9.17) is 4.74 Å². The molecule has 10 nitrogen and oxygen atoms in total. The number of rotatable bonds is 4. The summed E-state index contributed by atoms with van der Waals surface area (Å²) >= 11 is 0. The van der Waals surface area contributed by atoms with Gasteiger partial charge in [-0.1, -0.05) is 0 Å². The number of carbonyl (C=O) groups is 2. The predicted octanol–water partition coefficient (Wildman–Crippen LogP) is 0.591. The van der Waals surface area contributed by atoms with Gasteiger partial charge in [-0.3, -0.25) is 14.3 Å². The minimum Gasteiger partial charge on any atom is -0.481 e.